The van der Waals surface area contributed by atoms with Gasteiger partial charge in [-0.3, -0.25) is 4.79 Å². The number of hydrogen-bond acceptors (Lipinski definition) is 6. The second-order valence-corrected chi connectivity index (χ2v) is 6.37. The van der Waals surface area contributed by atoms with E-state index in [1.807, 2.05) is 0 Å². The Bertz CT molecular complexity index is 958. The number of aliphatic hydroxyl groups is 1. The molecule has 1 unspecified atom stereocenters. The van der Waals surface area contributed by atoms with Gasteiger partial charge in [-0.25, -0.2) is 0 Å². The molecule has 0 aliphatic carbocycles. The largest absolute Gasteiger partial charge is 0.491 e. The van der Waals surface area contributed by atoms with Crippen molar-refractivity contribution in [3.63, 3.8) is 0 Å². The third-order valence-corrected chi connectivity index (χ3v) is 4.26. The van der Waals surface area contributed by atoms with E-state index in [9.17, 15) is 14.7 Å². The highest BCUT2D eigenvalue weighted by molar-refractivity contribution is 6.02. The van der Waals surface area contributed by atoms with Crippen LogP contribution in [0.3, 0.4) is 0 Å². The molecule has 0 aliphatic heterocycles. The van der Waals surface area contributed by atoms with Crippen LogP contribution in [0.1, 0.15) is 15.9 Å². The quantitative estimate of drug-likeness (QED) is 0.228. The van der Waals surface area contributed by atoms with E-state index in [0.29, 0.717) is 23.2 Å². The SMILES string of the molecule is O=CCOCCOc1cccc(OC(O)(C(=O)c2ccccc2)c2ccccc2)c1. The van der Waals surface area contributed by atoms with Crippen molar-refractivity contribution in [3.8, 4) is 11.5 Å². The molecule has 0 radical (unpaired) electrons. The van der Waals surface area contributed by atoms with Crippen LogP contribution in [0.4, 0.5) is 0 Å². The van der Waals surface area contributed by atoms with Crippen LogP contribution in [0, 0.1) is 0 Å². The lowest BCUT2D eigenvalue weighted by Gasteiger charge is -2.28. The predicted octanol–water partition coefficient (Wildman–Crippen LogP) is 3.39. The Hall–Kier alpha value is -3.48. The Balaban J connectivity index is 1.83. The molecule has 30 heavy (non-hydrogen) atoms. The van der Waals surface area contributed by atoms with E-state index < -0.39 is 11.6 Å². The first-order valence-electron chi connectivity index (χ1n) is 9.44. The van der Waals surface area contributed by atoms with E-state index in [0.717, 1.165) is 0 Å². The first-order chi connectivity index (χ1) is 14.6. The molecule has 6 heteroatoms. The van der Waals surface area contributed by atoms with Crippen LogP contribution in [-0.2, 0) is 15.3 Å². The number of aldehydes is 1. The number of hydrogen-bond donors (Lipinski definition) is 1. The molecule has 0 aromatic heterocycles. The second-order valence-electron chi connectivity index (χ2n) is 6.37. The molecule has 3 aromatic rings. The average Bonchev–Trinajstić information content (AvgIpc) is 2.80. The van der Waals surface area contributed by atoms with Crippen LogP contribution in [0.15, 0.2) is 84.9 Å². The number of rotatable bonds is 11. The molecule has 0 amide bonds. The van der Waals surface area contributed by atoms with Gasteiger partial charge in [0.05, 0.1) is 6.61 Å². The summed E-state index contributed by atoms with van der Waals surface area (Å²) in [4.78, 5) is 23.4. The molecule has 154 valence electrons. The van der Waals surface area contributed by atoms with E-state index >= 15 is 0 Å². The highest BCUT2D eigenvalue weighted by Gasteiger charge is 2.41. The first kappa shape index (κ1) is 21.2. The Morgan fingerprint density at radius 1 is 0.867 bits per heavy atom. The summed E-state index contributed by atoms with van der Waals surface area (Å²) in [6, 6.07) is 23.6. The topological polar surface area (TPSA) is 82.1 Å². The zero-order valence-corrected chi connectivity index (χ0v) is 16.3. The molecule has 1 N–H and O–H groups in total. The zero-order valence-electron chi connectivity index (χ0n) is 16.3. The second kappa shape index (κ2) is 10.3. The molecule has 1 atom stereocenters. The predicted molar refractivity (Wildman–Crippen MR) is 111 cm³/mol. The highest BCUT2D eigenvalue weighted by atomic mass is 16.6. The molecular weight excluding hydrogens is 384 g/mol. The van der Waals surface area contributed by atoms with Gasteiger partial charge in [-0.2, -0.15) is 0 Å². The van der Waals surface area contributed by atoms with Gasteiger partial charge in [-0.1, -0.05) is 66.7 Å². The molecule has 0 fully saturated rings. The average molecular weight is 406 g/mol. The first-order valence-corrected chi connectivity index (χ1v) is 9.44. The van der Waals surface area contributed by atoms with Gasteiger partial charge >= 0.3 is 0 Å². The standard InChI is InChI=1S/C24H22O6/c25-14-15-28-16-17-29-21-12-7-13-22(18-21)30-24(27,20-10-5-2-6-11-20)23(26)19-8-3-1-4-9-19/h1-14,18,27H,15-17H2. The lowest BCUT2D eigenvalue weighted by Crippen LogP contribution is -2.41. The molecule has 3 aromatic carbocycles. The summed E-state index contributed by atoms with van der Waals surface area (Å²) >= 11 is 0. The molecule has 0 bridgehead atoms. The molecule has 0 saturated carbocycles. The summed E-state index contributed by atoms with van der Waals surface area (Å²) < 4.78 is 16.5. The van der Waals surface area contributed by atoms with Crippen molar-refractivity contribution in [2.24, 2.45) is 0 Å². The summed E-state index contributed by atoms with van der Waals surface area (Å²) in [6.07, 6.45) is 0.669. The number of carbonyl (C=O) groups excluding carboxylic acids is 2. The van der Waals surface area contributed by atoms with Gasteiger partial charge in [0.1, 0.15) is 31.0 Å². The third-order valence-electron chi connectivity index (χ3n) is 4.26. The van der Waals surface area contributed by atoms with E-state index in [-0.39, 0.29) is 25.6 Å². The lowest BCUT2D eigenvalue weighted by atomic mass is 9.96. The van der Waals surface area contributed by atoms with Crippen LogP contribution in [0.5, 0.6) is 11.5 Å². The minimum atomic E-state index is -2.21. The molecule has 6 nitrogen and oxygen atoms in total. The molecule has 3 rings (SSSR count). The van der Waals surface area contributed by atoms with Crippen molar-refractivity contribution in [2.75, 3.05) is 19.8 Å². The van der Waals surface area contributed by atoms with E-state index in [1.165, 1.54) is 0 Å². The Morgan fingerprint density at radius 3 is 2.23 bits per heavy atom. The maximum Gasteiger partial charge on any atom is 0.299 e. The third kappa shape index (κ3) is 5.31. The van der Waals surface area contributed by atoms with Crippen molar-refractivity contribution in [1.29, 1.82) is 0 Å². The van der Waals surface area contributed by atoms with Crippen molar-refractivity contribution >= 4 is 12.1 Å². The van der Waals surface area contributed by atoms with Crippen LogP contribution in [0.25, 0.3) is 0 Å². The van der Waals surface area contributed by atoms with Gasteiger partial charge in [0.15, 0.2) is 0 Å². The van der Waals surface area contributed by atoms with Crippen LogP contribution in [0.2, 0.25) is 0 Å². The smallest absolute Gasteiger partial charge is 0.299 e. The Kier molecular flexibility index (Phi) is 7.32. The van der Waals surface area contributed by atoms with Crippen LogP contribution < -0.4 is 9.47 Å². The fourth-order valence-electron chi connectivity index (χ4n) is 2.83. The van der Waals surface area contributed by atoms with Crippen LogP contribution >= 0.6 is 0 Å². The fourth-order valence-corrected chi connectivity index (χ4v) is 2.83. The summed E-state index contributed by atoms with van der Waals surface area (Å²) in [5, 5.41) is 11.4. The summed E-state index contributed by atoms with van der Waals surface area (Å²) in [5.74, 6) is -2.06. The maximum atomic E-state index is 13.2. The minimum absolute atomic E-state index is 0.0121. The molecule has 0 heterocycles. The van der Waals surface area contributed by atoms with Gasteiger partial charge in [0.25, 0.3) is 5.79 Å². The van der Waals surface area contributed by atoms with Gasteiger partial charge < -0.3 is 24.1 Å². The van der Waals surface area contributed by atoms with Crippen molar-refractivity contribution in [3.05, 3.63) is 96.1 Å². The molecule has 0 aliphatic rings. The Morgan fingerprint density at radius 2 is 1.53 bits per heavy atom. The number of benzene rings is 3. The monoisotopic (exact) mass is 406 g/mol. The molecular formula is C24H22O6. The van der Waals surface area contributed by atoms with Crippen molar-refractivity contribution in [1.82, 2.24) is 0 Å². The number of ether oxygens (including phenoxy) is 3. The van der Waals surface area contributed by atoms with Crippen molar-refractivity contribution < 1.29 is 28.9 Å². The lowest BCUT2D eigenvalue weighted by molar-refractivity contribution is -0.112. The normalized spacial score (nSPS) is 12.6. The maximum absolute atomic E-state index is 13.2. The fraction of sp³-hybridized carbons (Fsp3) is 0.167. The minimum Gasteiger partial charge on any atom is -0.491 e. The van der Waals surface area contributed by atoms with Gasteiger partial charge in [-0.15, -0.1) is 0 Å². The Labute approximate surface area is 174 Å². The van der Waals surface area contributed by atoms with E-state index in [1.54, 1.807) is 84.9 Å². The zero-order chi connectivity index (χ0) is 21.2. The number of Topliss-reactive ketones (excluding diaryl/α,β-unsaturated/α-hetero) is 1. The van der Waals surface area contributed by atoms with Crippen LogP contribution in [-0.4, -0.2) is 37.0 Å². The summed E-state index contributed by atoms with van der Waals surface area (Å²) in [7, 11) is 0. The summed E-state index contributed by atoms with van der Waals surface area (Å²) in [5.41, 5.74) is 0.635. The molecule has 0 spiro atoms. The highest BCUT2D eigenvalue weighted by Crippen LogP contribution is 2.31. The number of carbonyl (C=O) groups is 2. The van der Waals surface area contributed by atoms with E-state index in [2.05, 4.69) is 0 Å². The van der Waals surface area contributed by atoms with Gasteiger partial charge in [0, 0.05) is 17.2 Å². The molecule has 0 saturated heterocycles. The number of ketones is 1. The van der Waals surface area contributed by atoms with Gasteiger partial charge in [0.2, 0.25) is 5.78 Å². The van der Waals surface area contributed by atoms with E-state index in [4.69, 9.17) is 14.2 Å². The van der Waals surface area contributed by atoms with Gasteiger partial charge in [-0.05, 0) is 12.1 Å². The van der Waals surface area contributed by atoms with Crippen molar-refractivity contribution in [2.45, 2.75) is 5.79 Å². The summed E-state index contributed by atoms with van der Waals surface area (Å²) in [6.45, 7) is 0.506.